The van der Waals surface area contributed by atoms with Crippen LogP contribution in [0.1, 0.15) is 25.6 Å². The number of hydrogen-bond donors (Lipinski definition) is 10. The molecule has 41 heteroatoms. The summed E-state index contributed by atoms with van der Waals surface area (Å²) < 4.78 is 114. The molecular formula is C34H48N12O25P4. The summed E-state index contributed by atoms with van der Waals surface area (Å²) in [6.45, 7) is -1.78. The number of nitrogens with one attached hydrogen (secondary N) is 2. The van der Waals surface area contributed by atoms with Crippen LogP contribution in [0, 0.1) is 5.92 Å². The van der Waals surface area contributed by atoms with Gasteiger partial charge in [0.2, 0.25) is 18.5 Å². The number of phosphoric acid groups is 4. The molecule has 0 radical (unpaired) electrons. The monoisotopic (exact) mass is 1150 g/mol. The first-order chi connectivity index (χ1) is 35.2. The average Bonchev–Trinajstić information content (AvgIpc) is 4.12. The van der Waals surface area contributed by atoms with Crippen molar-refractivity contribution in [1.82, 2.24) is 43.6 Å². The van der Waals surface area contributed by atoms with E-state index >= 15 is 0 Å². The van der Waals surface area contributed by atoms with E-state index in [2.05, 4.69) is 33.5 Å². The lowest BCUT2D eigenvalue weighted by Gasteiger charge is -2.31. The minimum atomic E-state index is -6.19. The molecule has 5 aromatic heterocycles. The molecule has 8 heterocycles. The summed E-state index contributed by atoms with van der Waals surface area (Å²) in [6.07, 6.45) is -13.6. The zero-order valence-corrected chi connectivity index (χ0v) is 42.4. The van der Waals surface area contributed by atoms with Crippen LogP contribution < -0.4 is 37.7 Å². The van der Waals surface area contributed by atoms with Crippen molar-refractivity contribution in [3.8, 4) is 0 Å². The van der Waals surface area contributed by atoms with Crippen LogP contribution in [0.2, 0.25) is 0 Å². The van der Waals surface area contributed by atoms with Gasteiger partial charge in [-0.2, -0.15) is 18.2 Å². The number of aromatic amines is 2. The second-order valence-corrected chi connectivity index (χ2v) is 22.5. The number of anilines is 2. The van der Waals surface area contributed by atoms with E-state index in [1.165, 1.54) is 27.1 Å². The Bertz CT molecular complexity index is 3280. The third-order valence-electron chi connectivity index (χ3n) is 11.6. The van der Waals surface area contributed by atoms with Gasteiger partial charge >= 0.3 is 34.7 Å². The second kappa shape index (κ2) is 22.0. The van der Waals surface area contributed by atoms with E-state index in [0.29, 0.717) is 0 Å². The number of aliphatic hydroxyl groups is 3. The van der Waals surface area contributed by atoms with Gasteiger partial charge in [-0.3, -0.25) is 42.3 Å². The molecule has 3 fully saturated rings. The number of nitrogens with two attached hydrogens (primary N) is 2. The van der Waals surface area contributed by atoms with Crippen molar-refractivity contribution in [3.05, 3.63) is 62.4 Å². The molecule has 414 valence electrons. The number of aromatic nitrogens is 10. The normalized spacial score (nSPS) is 30.4. The maximum atomic E-state index is 13.5. The highest BCUT2D eigenvalue weighted by Crippen LogP contribution is 2.68. The first-order valence-electron chi connectivity index (χ1n) is 21.7. The molecule has 16 atom stereocenters. The van der Waals surface area contributed by atoms with Crippen molar-refractivity contribution in [3.63, 3.8) is 0 Å². The molecule has 8 rings (SSSR count). The molecule has 3 saturated heterocycles. The van der Waals surface area contributed by atoms with Crippen molar-refractivity contribution in [1.29, 1.82) is 0 Å². The number of aliphatic hydroxyl groups excluding tert-OH is 3. The highest BCUT2D eigenvalue weighted by Gasteiger charge is 2.53. The van der Waals surface area contributed by atoms with E-state index in [1.54, 1.807) is 6.92 Å². The number of fused-ring (bicyclic) bond motifs is 2. The lowest BCUT2D eigenvalue weighted by Crippen LogP contribution is -2.39. The fourth-order valence-corrected chi connectivity index (χ4v) is 12.8. The summed E-state index contributed by atoms with van der Waals surface area (Å²) in [5.41, 5.74) is 9.25. The number of nitrogen functional groups attached to an aromatic ring is 2. The van der Waals surface area contributed by atoms with Crippen LogP contribution in [-0.2, 0) is 75.7 Å². The maximum Gasteiger partial charge on any atom is 0.490 e. The molecule has 0 amide bonds. The number of aryl methyl sites for hydroxylation is 1. The van der Waals surface area contributed by atoms with Gasteiger partial charge in [0, 0.05) is 31.9 Å². The van der Waals surface area contributed by atoms with Crippen molar-refractivity contribution in [2.24, 2.45) is 13.0 Å². The zero-order valence-electron chi connectivity index (χ0n) is 38.8. The number of nitrogens with zero attached hydrogens (tertiary/aromatic N) is 8. The topological polar surface area (TPSA) is 519 Å². The molecule has 0 spiro atoms. The van der Waals surface area contributed by atoms with Gasteiger partial charge in [0.1, 0.15) is 54.6 Å². The SMILES string of the molecule is CCOC[C@H]1[C@@H](O)[C@H](n2c[n+](C)c3c(=O)[nH]c(N)nc32)O[C@@H]1COP(=O)(O)OP(=O)(O)OP(=O)(O)OC[C@H]1O[C@@H](n2cnc3c(N)ncnc32)[C@H](OC)[C@@H]1OP(=O)([O-])OC[C@H]1O[C@@H](n2ccc(=O)[nH]c2=O)[C@H](O)[C@@H]1O. The molecule has 5 aromatic rings. The van der Waals surface area contributed by atoms with Crippen LogP contribution in [0.4, 0.5) is 11.8 Å². The molecule has 4 unspecified atom stereocenters. The van der Waals surface area contributed by atoms with Gasteiger partial charge in [0.15, 0.2) is 23.9 Å². The minimum Gasteiger partial charge on any atom is -0.756 e. The van der Waals surface area contributed by atoms with Crippen molar-refractivity contribution in [2.45, 2.75) is 74.4 Å². The molecule has 3 aliphatic heterocycles. The Balaban J connectivity index is 0.942. The number of H-pyrrole nitrogens is 2. The van der Waals surface area contributed by atoms with Crippen LogP contribution in [0.25, 0.3) is 22.3 Å². The second-order valence-electron chi connectivity index (χ2n) is 16.5. The number of rotatable bonds is 22. The molecule has 37 nitrogen and oxygen atoms in total. The summed E-state index contributed by atoms with van der Waals surface area (Å²) in [5.74, 6) is -1.40. The Hall–Kier alpha value is -4.62. The fourth-order valence-electron chi connectivity index (χ4n) is 8.33. The predicted molar refractivity (Wildman–Crippen MR) is 240 cm³/mol. The average molecular weight is 1150 g/mol. The van der Waals surface area contributed by atoms with E-state index in [4.69, 9.17) is 53.2 Å². The van der Waals surface area contributed by atoms with Gasteiger partial charge in [0.05, 0.1) is 45.9 Å². The first kappa shape index (κ1) is 56.6. The number of phosphoric ester groups is 3. The zero-order chi connectivity index (χ0) is 54.5. The predicted octanol–water partition coefficient (Wildman–Crippen LogP) is -4.22. The van der Waals surface area contributed by atoms with Crippen molar-refractivity contribution in [2.75, 3.05) is 51.6 Å². The van der Waals surface area contributed by atoms with E-state index < -0.39 is 141 Å². The summed E-state index contributed by atoms with van der Waals surface area (Å²) in [5, 5.41) is 32.6. The van der Waals surface area contributed by atoms with Gasteiger partial charge in [-0.15, -0.1) is 0 Å². The Morgan fingerprint density at radius 1 is 0.773 bits per heavy atom. The molecule has 3 aliphatic rings. The molecule has 0 aliphatic carbocycles. The van der Waals surface area contributed by atoms with E-state index in [9.17, 15) is 67.5 Å². The van der Waals surface area contributed by atoms with Crippen LogP contribution in [-0.4, -0.2) is 163 Å². The van der Waals surface area contributed by atoms with Gasteiger partial charge in [-0.05, 0) is 6.92 Å². The van der Waals surface area contributed by atoms with Crippen molar-refractivity contribution < 1.29 is 108 Å². The van der Waals surface area contributed by atoms with E-state index in [0.717, 1.165) is 36.6 Å². The third kappa shape index (κ3) is 12.2. The van der Waals surface area contributed by atoms with Crippen LogP contribution in [0.5, 0.6) is 0 Å². The van der Waals surface area contributed by atoms with Gasteiger partial charge in [-0.25, -0.2) is 38.0 Å². The Labute approximate surface area is 417 Å². The van der Waals surface area contributed by atoms with E-state index in [-0.39, 0.29) is 47.3 Å². The van der Waals surface area contributed by atoms with Gasteiger partial charge in [0.25, 0.3) is 24.5 Å². The molecule has 12 N–H and O–H groups in total. The first-order valence-corrected chi connectivity index (χ1v) is 27.6. The smallest absolute Gasteiger partial charge is 0.490 e. The molecule has 0 bridgehead atoms. The lowest BCUT2D eigenvalue weighted by atomic mass is 9.99. The van der Waals surface area contributed by atoms with Crippen molar-refractivity contribution >= 4 is 65.4 Å². The Morgan fingerprint density at radius 2 is 1.41 bits per heavy atom. The van der Waals surface area contributed by atoms with Gasteiger partial charge < -0.3 is 79.1 Å². The minimum absolute atomic E-state index is 0.00611. The highest BCUT2D eigenvalue weighted by atomic mass is 31.3. The summed E-state index contributed by atoms with van der Waals surface area (Å²) in [7, 11) is -21.1. The molecule has 75 heavy (non-hydrogen) atoms. The fraction of sp³-hybridized carbons (Fsp3) is 0.588. The Morgan fingerprint density at radius 3 is 2.08 bits per heavy atom. The quantitative estimate of drug-likeness (QED) is 0.0232. The Kier molecular flexibility index (Phi) is 16.6. The standard InChI is InChI=1S/C34H48N12O25P4/c1-4-62-7-14-15(66-30(21(14)48)46-13-43(2)20-28(46)41-33(36)42-29(20)51)8-64-73(55,56)70-75(59,60)71-74(57,58)65-10-17-24(25(61-3)32(68-17)45-12-39-19-26(35)37-11-38-27(19)45)69-72(53,54)63-9-16-22(49)23(50)31(67-16)44-6-5-18(47)40-34(44)52/h5-6,11-17,21-25,30-32,48-50H,4,7-10H2,1-3H3,(H9-,35,36,37,38,40,41,42,47,51,52,53,54,55,56,57,58,59,60)/t14-,15-,16-,17-,21-,22-,23-,24-,25-,30-,31-,32-/m1/s1. The molecule has 0 saturated carbocycles. The summed E-state index contributed by atoms with van der Waals surface area (Å²) >= 11 is 0. The lowest BCUT2D eigenvalue weighted by molar-refractivity contribution is -0.646. The number of methoxy groups -OCH3 is 1. The third-order valence-corrected chi connectivity index (χ3v) is 16.9. The van der Waals surface area contributed by atoms with E-state index in [1.807, 2.05) is 4.98 Å². The summed E-state index contributed by atoms with van der Waals surface area (Å²) in [4.78, 5) is 102. The molecule has 0 aromatic carbocycles. The largest absolute Gasteiger partial charge is 0.756 e. The molecular weight excluding hydrogens is 1100 g/mol. The number of ether oxygens (including phenoxy) is 5. The number of hydrogen-bond acceptors (Lipinski definition) is 28. The number of imidazole rings is 2. The van der Waals surface area contributed by atoms with Crippen LogP contribution in [0.3, 0.4) is 0 Å². The van der Waals surface area contributed by atoms with Crippen LogP contribution in [0.15, 0.2) is 45.6 Å². The summed E-state index contributed by atoms with van der Waals surface area (Å²) in [6, 6.07) is 0.916. The highest BCUT2D eigenvalue weighted by molar-refractivity contribution is 7.66. The maximum absolute atomic E-state index is 13.5. The van der Waals surface area contributed by atoms with Crippen LogP contribution >= 0.6 is 31.3 Å². The van der Waals surface area contributed by atoms with Gasteiger partial charge in [-0.1, -0.05) is 0 Å².